The zero-order chi connectivity index (χ0) is 10.6. The van der Waals surface area contributed by atoms with Crippen LogP contribution in [-0.2, 0) is 11.2 Å². The van der Waals surface area contributed by atoms with Crippen molar-refractivity contribution in [2.45, 2.75) is 25.8 Å². The predicted molar refractivity (Wildman–Crippen MR) is 59.3 cm³/mol. The molecule has 1 heterocycles. The Kier molecular flexibility index (Phi) is 3.66. The third-order valence-corrected chi connectivity index (χ3v) is 2.42. The number of thiophene rings is 1. The second kappa shape index (κ2) is 4.57. The fourth-order valence-electron chi connectivity index (χ4n) is 0.968. The van der Waals surface area contributed by atoms with Crippen LogP contribution in [0, 0.1) is 0 Å². The molecule has 0 aliphatic heterocycles. The highest BCUT2D eigenvalue weighted by atomic mass is 32.1. The molecule has 0 fully saturated rings. The summed E-state index contributed by atoms with van der Waals surface area (Å²) in [5, 5.41) is 6.75. The number of nitrogens with one attached hydrogen (secondary N) is 1. The molecule has 1 amide bonds. The quantitative estimate of drug-likeness (QED) is 0.786. The van der Waals surface area contributed by atoms with Gasteiger partial charge in [0.1, 0.15) is 0 Å². The van der Waals surface area contributed by atoms with Gasteiger partial charge in [-0.1, -0.05) is 0 Å². The summed E-state index contributed by atoms with van der Waals surface area (Å²) in [6, 6.07) is 1.96. The zero-order valence-electron chi connectivity index (χ0n) is 8.54. The summed E-state index contributed by atoms with van der Waals surface area (Å²) in [6.07, 6.45) is 0.444. The van der Waals surface area contributed by atoms with Gasteiger partial charge >= 0.3 is 0 Å². The fraction of sp³-hybridized carbons (Fsp3) is 0.500. The van der Waals surface area contributed by atoms with Crippen LogP contribution in [0.2, 0.25) is 0 Å². The smallest absolute Gasteiger partial charge is 0.224 e. The van der Waals surface area contributed by atoms with Gasteiger partial charge in [-0.2, -0.15) is 11.3 Å². The molecule has 0 radical (unpaired) electrons. The Bertz CT molecular complexity index is 288. The van der Waals surface area contributed by atoms with Crippen molar-refractivity contribution < 1.29 is 4.79 Å². The largest absolute Gasteiger partial charge is 0.354 e. The van der Waals surface area contributed by atoms with Gasteiger partial charge in [0.25, 0.3) is 0 Å². The van der Waals surface area contributed by atoms with Crippen LogP contribution in [0.15, 0.2) is 16.8 Å². The first-order chi connectivity index (χ1) is 6.47. The molecule has 0 atom stereocenters. The van der Waals surface area contributed by atoms with E-state index in [2.05, 4.69) is 5.32 Å². The third-order valence-electron chi connectivity index (χ3n) is 1.69. The minimum absolute atomic E-state index is 0.0296. The second-order valence-corrected chi connectivity index (χ2v) is 4.85. The Labute approximate surface area is 88.3 Å². The van der Waals surface area contributed by atoms with E-state index in [9.17, 15) is 4.79 Å². The first kappa shape index (κ1) is 11.2. The average Bonchev–Trinajstić information content (AvgIpc) is 2.52. The summed E-state index contributed by atoms with van der Waals surface area (Å²) in [5.41, 5.74) is 6.46. The molecule has 1 rings (SSSR count). The lowest BCUT2D eigenvalue weighted by Crippen LogP contribution is -2.45. The Balaban J connectivity index is 2.30. The van der Waals surface area contributed by atoms with Gasteiger partial charge in [-0.3, -0.25) is 4.79 Å². The van der Waals surface area contributed by atoms with E-state index in [1.165, 1.54) is 0 Å². The van der Waals surface area contributed by atoms with Crippen molar-refractivity contribution in [1.82, 2.24) is 5.32 Å². The molecule has 0 aliphatic rings. The van der Waals surface area contributed by atoms with Crippen molar-refractivity contribution in [3.05, 3.63) is 22.4 Å². The molecule has 0 unspecified atom stereocenters. The van der Waals surface area contributed by atoms with E-state index >= 15 is 0 Å². The summed E-state index contributed by atoms with van der Waals surface area (Å²) in [7, 11) is 0. The molecule has 0 bridgehead atoms. The fourth-order valence-corrected chi connectivity index (χ4v) is 1.64. The topological polar surface area (TPSA) is 55.1 Å². The van der Waals surface area contributed by atoms with Crippen LogP contribution >= 0.6 is 11.3 Å². The second-order valence-electron chi connectivity index (χ2n) is 4.07. The molecule has 0 saturated heterocycles. The van der Waals surface area contributed by atoms with Gasteiger partial charge in [0.2, 0.25) is 5.91 Å². The minimum atomic E-state index is -0.343. The number of amides is 1. The number of hydrogen-bond acceptors (Lipinski definition) is 3. The zero-order valence-corrected chi connectivity index (χ0v) is 9.36. The molecular formula is C10H16N2OS. The van der Waals surface area contributed by atoms with E-state index < -0.39 is 0 Å². The molecule has 78 valence electrons. The van der Waals surface area contributed by atoms with Gasteiger partial charge in [-0.05, 0) is 36.2 Å². The lowest BCUT2D eigenvalue weighted by atomic mass is 10.1. The number of rotatable bonds is 4. The van der Waals surface area contributed by atoms with Crippen molar-refractivity contribution >= 4 is 17.2 Å². The summed E-state index contributed by atoms with van der Waals surface area (Å²) in [5.74, 6) is 0.0296. The highest BCUT2D eigenvalue weighted by Crippen LogP contribution is 2.06. The monoisotopic (exact) mass is 212 g/mol. The summed E-state index contributed by atoms with van der Waals surface area (Å²) in [6.45, 7) is 4.28. The van der Waals surface area contributed by atoms with E-state index in [-0.39, 0.29) is 11.4 Å². The maximum Gasteiger partial charge on any atom is 0.224 e. The SMILES string of the molecule is CC(C)(N)CNC(=O)Cc1ccsc1. The Morgan fingerprint density at radius 2 is 2.36 bits per heavy atom. The standard InChI is InChI=1S/C10H16N2OS/c1-10(2,11)7-12-9(13)5-8-3-4-14-6-8/h3-4,6H,5,7,11H2,1-2H3,(H,12,13). The van der Waals surface area contributed by atoms with Crippen LogP contribution in [0.3, 0.4) is 0 Å². The maximum absolute atomic E-state index is 11.4. The van der Waals surface area contributed by atoms with Crippen molar-refractivity contribution in [3.8, 4) is 0 Å². The van der Waals surface area contributed by atoms with Crippen molar-refractivity contribution in [2.24, 2.45) is 5.73 Å². The molecule has 3 N–H and O–H groups in total. The minimum Gasteiger partial charge on any atom is -0.354 e. The van der Waals surface area contributed by atoms with Gasteiger partial charge in [-0.15, -0.1) is 0 Å². The molecule has 0 saturated carbocycles. The molecule has 0 aliphatic carbocycles. The lowest BCUT2D eigenvalue weighted by molar-refractivity contribution is -0.120. The normalized spacial score (nSPS) is 11.4. The average molecular weight is 212 g/mol. The molecule has 3 nitrogen and oxygen atoms in total. The number of carbonyl (C=O) groups is 1. The number of carbonyl (C=O) groups excluding carboxylic acids is 1. The molecule has 0 spiro atoms. The predicted octanol–water partition coefficient (Wildman–Crippen LogP) is 1.14. The van der Waals surface area contributed by atoms with Crippen LogP contribution in [-0.4, -0.2) is 18.0 Å². The molecule has 1 aromatic rings. The highest BCUT2D eigenvalue weighted by Gasteiger charge is 2.12. The summed E-state index contributed by atoms with van der Waals surface area (Å²) >= 11 is 1.60. The van der Waals surface area contributed by atoms with Gasteiger partial charge in [-0.25, -0.2) is 0 Å². The molecule has 0 aromatic carbocycles. The van der Waals surface area contributed by atoms with Crippen molar-refractivity contribution in [1.29, 1.82) is 0 Å². The van der Waals surface area contributed by atoms with E-state index in [0.29, 0.717) is 13.0 Å². The Morgan fingerprint density at radius 3 is 2.86 bits per heavy atom. The molecule has 14 heavy (non-hydrogen) atoms. The van der Waals surface area contributed by atoms with E-state index in [1.807, 2.05) is 30.7 Å². The number of nitrogens with two attached hydrogens (primary N) is 1. The van der Waals surface area contributed by atoms with Crippen LogP contribution < -0.4 is 11.1 Å². The van der Waals surface area contributed by atoms with Crippen LogP contribution in [0.5, 0.6) is 0 Å². The van der Waals surface area contributed by atoms with Gasteiger partial charge in [0.15, 0.2) is 0 Å². The van der Waals surface area contributed by atoms with Crippen LogP contribution in [0.25, 0.3) is 0 Å². The highest BCUT2D eigenvalue weighted by molar-refractivity contribution is 7.07. The number of hydrogen-bond donors (Lipinski definition) is 2. The van der Waals surface area contributed by atoms with Crippen LogP contribution in [0.4, 0.5) is 0 Å². The Morgan fingerprint density at radius 1 is 1.64 bits per heavy atom. The molecular weight excluding hydrogens is 196 g/mol. The van der Waals surface area contributed by atoms with Gasteiger partial charge < -0.3 is 11.1 Å². The van der Waals surface area contributed by atoms with E-state index in [0.717, 1.165) is 5.56 Å². The lowest BCUT2D eigenvalue weighted by Gasteiger charge is -2.18. The van der Waals surface area contributed by atoms with E-state index in [1.54, 1.807) is 11.3 Å². The van der Waals surface area contributed by atoms with Gasteiger partial charge in [0.05, 0.1) is 6.42 Å². The van der Waals surface area contributed by atoms with Gasteiger partial charge in [0, 0.05) is 12.1 Å². The first-order valence-electron chi connectivity index (χ1n) is 4.54. The summed E-state index contributed by atoms with van der Waals surface area (Å²) in [4.78, 5) is 11.4. The Hall–Kier alpha value is -0.870. The first-order valence-corrected chi connectivity index (χ1v) is 5.48. The maximum atomic E-state index is 11.4. The van der Waals surface area contributed by atoms with Crippen molar-refractivity contribution in [2.75, 3.05) is 6.54 Å². The molecule has 1 aromatic heterocycles. The van der Waals surface area contributed by atoms with Crippen LogP contribution in [0.1, 0.15) is 19.4 Å². The van der Waals surface area contributed by atoms with Crippen molar-refractivity contribution in [3.63, 3.8) is 0 Å². The summed E-state index contributed by atoms with van der Waals surface area (Å²) < 4.78 is 0. The molecule has 4 heteroatoms. The third kappa shape index (κ3) is 4.39. The van der Waals surface area contributed by atoms with E-state index in [4.69, 9.17) is 5.73 Å².